The lowest BCUT2D eigenvalue weighted by Gasteiger charge is -2.28. The van der Waals surface area contributed by atoms with Crippen LogP contribution in [0.4, 0.5) is 4.79 Å². The number of nitrogens with one attached hydrogen (secondary N) is 3. The van der Waals surface area contributed by atoms with E-state index in [1.54, 1.807) is 32.0 Å². The zero-order valence-electron chi connectivity index (χ0n) is 20.1. The topological polar surface area (TPSA) is 168 Å². The molecule has 3 amide bonds. The van der Waals surface area contributed by atoms with E-state index in [9.17, 15) is 24.6 Å². The molecule has 2 aromatic carbocycles. The molecule has 12 nitrogen and oxygen atoms in total. The second kappa shape index (κ2) is 12.3. The Morgan fingerprint density at radius 2 is 1.95 bits per heavy atom. The summed E-state index contributed by atoms with van der Waals surface area (Å²) in [6, 6.07) is 6.18. The number of phenols is 2. The van der Waals surface area contributed by atoms with Gasteiger partial charge in [0.15, 0.2) is 18.1 Å². The number of nitrogens with zero attached hydrogens (tertiary/aromatic N) is 1. The minimum absolute atomic E-state index is 0.0709. The molecule has 37 heavy (non-hydrogen) atoms. The van der Waals surface area contributed by atoms with Gasteiger partial charge in [-0.25, -0.2) is 15.0 Å². The predicted molar refractivity (Wildman–Crippen MR) is 140 cm³/mol. The molecule has 1 aliphatic heterocycles. The first kappa shape index (κ1) is 27.6. The molecule has 196 valence electrons. The highest BCUT2D eigenvalue weighted by atomic mass is 127. The number of halogens is 1. The first-order valence-electron chi connectivity index (χ1n) is 10.9. The van der Waals surface area contributed by atoms with Crippen molar-refractivity contribution in [2.24, 2.45) is 5.10 Å². The molecule has 0 unspecified atom stereocenters. The first-order valence-corrected chi connectivity index (χ1v) is 12.0. The summed E-state index contributed by atoms with van der Waals surface area (Å²) in [6.07, 6.45) is 1.23. The number of amides is 3. The molecule has 5 N–H and O–H groups in total. The average molecular weight is 624 g/mol. The second-order valence-electron chi connectivity index (χ2n) is 7.65. The number of allylic oxidation sites excluding steroid dienone is 1. The lowest BCUT2D eigenvalue weighted by atomic mass is 9.95. The summed E-state index contributed by atoms with van der Waals surface area (Å²) in [5, 5.41) is 28.5. The number of hydrogen-bond donors (Lipinski definition) is 5. The van der Waals surface area contributed by atoms with Crippen LogP contribution in [0, 0.1) is 3.57 Å². The van der Waals surface area contributed by atoms with E-state index in [0.29, 0.717) is 20.4 Å². The predicted octanol–water partition coefficient (Wildman–Crippen LogP) is 2.43. The molecule has 0 radical (unpaired) electrons. The maximum Gasteiger partial charge on any atom is 0.338 e. The van der Waals surface area contributed by atoms with Gasteiger partial charge in [-0.2, -0.15) is 5.10 Å². The molecule has 0 saturated heterocycles. The van der Waals surface area contributed by atoms with Crippen molar-refractivity contribution in [1.29, 1.82) is 0 Å². The van der Waals surface area contributed by atoms with E-state index in [1.165, 1.54) is 25.5 Å². The summed E-state index contributed by atoms with van der Waals surface area (Å²) in [4.78, 5) is 36.8. The maximum absolute atomic E-state index is 12.5. The summed E-state index contributed by atoms with van der Waals surface area (Å²) in [5.74, 6) is -0.897. The van der Waals surface area contributed by atoms with Gasteiger partial charge in [0.05, 0.1) is 35.1 Å². The van der Waals surface area contributed by atoms with Crippen molar-refractivity contribution >= 4 is 46.7 Å². The number of hydrazone groups is 1. The van der Waals surface area contributed by atoms with E-state index in [1.807, 2.05) is 22.6 Å². The molecule has 3 rings (SSSR count). The highest BCUT2D eigenvalue weighted by Crippen LogP contribution is 2.34. The number of ether oxygens (including phenoxy) is 3. The minimum atomic E-state index is -0.784. The zero-order valence-corrected chi connectivity index (χ0v) is 22.3. The molecule has 1 aliphatic rings. The SMILES string of the molecule is CCOC(=O)C1=C(C)NC(=O)N[C@@H]1c1ccc(OCC(=O)N/N=C\c2cc(I)c(O)cc2O)c(OC)c1. The van der Waals surface area contributed by atoms with Gasteiger partial charge in [-0.15, -0.1) is 0 Å². The number of esters is 1. The van der Waals surface area contributed by atoms with Gasteiger partial charge in [-0.3, -0.25) is 4.79 Å². The fourth-order valence-electron chi connectivity index (χ4n) is 3.43. The molecule has 1 atom stereocenters. The van der Waals surface area contributed by atoms with Crippen LogP contribution in [0.5, 0.6) is 23.0 Å². The number of urea groups is 1. The average Bonchev–Trinajstić information content (AvgIpc) is 2.85. The molecule has 13 heteroatoms. The standard InChI is InChI=1S/C24H25IN4O8/c1-4-36-23(33)21-12(2)27-24(34)28-22(21)13-5-6-18(19(8-13)35-3)37-11-20(32)29-26-10-14-7-15(25)17(31)9-16(14)30/h5-10,22,30-31H,4,11H2,1-3H3,(H,29,32)(H2,27,28,34)/b26-10-/t22-/m1/s1. The third kappa shape index (κ3) is 6.81. The number of methoxy groups -OCH3 is 1. The molecule has 0 aromatic heterocycles. The summed E-state index contributed by atoms with van der Waals surface area (Å²) in [7, 11) is 1.41. The van der Waals surface area contributed by atoms with Gasteiger partial charge < -0.3 is 35.1 Å². The van der Waals surface area contributed by atoms with Gasteiger partial charge in [0.2, 0.25) is 0 Å². The van der Waals surface area contributed by atoms with E-state index >= 15 is 0 Å². The number of benzene rings is 2. The Hall–Kier alpha value is -4.01. The van der Waals surface area contributed by atoms with E-state index < -0.39 is 30.6 Å². The van der Waals surface area contributed by atoms with Crippen LogP contribution >= 0.6 is 22.6 Å². The van der Waals surface area contributed by atoms with Crippen LogP contribution in [0.3, 0.4) is 0 Å². The van der Waals surface area contributed by atoms with Gasteiger partial charge in [-0.05, 0) is 60.2 Å². The number of rotatable bonds is 9. The monoisotopic (exact) mass is 624 g/mol. The quantitative estimate of drug-likeness (QED) is 0.123. The normalized spacial score (nSPS) is 15.1. The fraction of sp³-hybridized carbons (Fsp3) is 0.250. The first-order chi connectivity index (χ1) is 17.6. The largest absolute Gasteiger partial charge is 0.507 e. The minimum Gasteiger partial charge on any atom is -0.507 e. The van der Waals surface area contributed by atoms with Gasteiger partial charge in [-0.1, -0.05) is 6.07 Å². The molecule has 0 aliphatic carbocycles. The van der Waals surface area contributed by atoms with Crippen LogP contribution in [0.2, 0.25) is 0 Å². The Morgan fingerprint density at radius 1 is 1.19 bits per heavy atom. The number of hydrogen-bond acceptors (Lipinski definition) is 9. The number of carbonyl (C=O) groups excluding carboxylic acids is 3. The van der Waals surface area contributed by atoms with E-state index in [-0.39, 0.29) is 35.2 Å². The van der Waals surface area contributed by atoms with Gasteiger partial charge >= 0.3 is 12.0 Å². The van der Waals surface area contributed by atoms with Gasteiger partial charge in [0.25, 0.3) is 5.91 Å². The molecular weight excluding hydrogens is 599 g/mol. The van der Waals surface area contributed by atoms with Crippen LogP contribution in [0.1, 0.15) is 31.0 Å². The third-order valence-electron chi connectivity index (χ3n) is 5.13. The molecule has 0 fully saturated rings. The Bertz CT molecular complexity index is 1280. The van der Waals surface area contributed by atoms with Crippen LogP contribution < -0.4 is 25.5 Å². The van der Waals surface area contributed by atoms with E-state index in [4.69, 9.17) is 14.2 Å². The number of carbonyl (C=O) groups is 3. The summed E-state index contributed by atoms with van der Waals surface area (Å²) in [6.45, 7) is 3.07. The highest BCUT2D eigenvalue weighted by molar-refractivity contribution is 14.1. The molecule has 0 saturated carbocycles. The van der Waals surface area contributed by atoms with E-state index in [2.05, 4.69) is 21.2 Å². The Balaban J connectivity index is 1.69. The lowest BCUT2D eigenvalue weighted by molar-refractivity contribution is -0.139. The van der Waals surface area contributed by atoms with Crippen LogP contribution in [-0.2, 0) is 14.3 Å². The van der Waals surface area contributed by atoms with Crippen LogP contribution in [-0.4, -0.2) is 54.7 Å². The van der Waals surface area contributed by atoms with Crippen molar-refractivity contribution in [2.45, 2.75) is 19.9 Å². The van der Waals surface area contributed by atoms with Crippen LogP contribution in [0.25, 0.3) is 0 Å². The zero-order chi connectivity index (χ0) is 27.1. The Labute approximate surface area is 225 Å². The second-order valence-corrected chi connectivity index (χ2v) is 8.81. The number of aromatic hydroxyl groups is 2. The summed E-state index contributed by atoms with van der Waals surface area (Å²) >= 11 is 1.89. The van der Waals surface area contributed by atoms with Crippen molar-refractivity contribution in [1.82, 2.24) is 16.1 Å². The Kier molecular flexibility index (Phi) is 9.16. The van der Waals surface area contributed by atoms with Crippen LogP contribution in [0.15, 0.2) is 46.7 Å². The highest BCUT2D eigenvalue weighted by Gasteiger charge is 2.32. The van der Waals surface area contributed by atoms with Crippen molar-refractivity contribution in [2.75, 3.05) is 20.3 Å². The lowest BCUT2D eigenvalue weighted by Crippen LogP contribution is -2.45. The van der Waals surface area contributed by atoms with Crippen molar-refractivity contribution in [3.05, 3.63) is 56.3 Å². The fourth-order valence-corrected chi connectivity index (χ4v) is 3.92. The van der Waals surface area contributed by atoms with Crippen molar-refractivity contribution in [3.8, 4) is 23.0 Å². The molecule has 1 heterocycles. The summed E-state index contributed by atoms with van der Waals surface area (Å²) < 4.78 is 16.6. The third-order valence-corrected chi connectivity index (χ3v) is 6.00. The van der Waals surface area contributed by atoms with Crippen molar-refractivity contribution in [3.63, 3.8) is 0 Å². The molecular formula is C24H25IN4O8. The van der Waals surface area contributed by atoms with Crippen molar-refractivity contribution < 1.29 is 38.8 Å². The Morgan fingerprint density at radius 3 is 2.65 bits per heavy atom. The smallest absolute Gasteiger partial charge is 0.338 e. The van der Waals surface area contributed by atoms with Gasteiger partial charge in [0, 0.05) is 17.3 Å². The molecule has 0 bridgehead atoms. The molecule has 0 spiro atoms. The maximum atomic E-state index is 12.5. The summed E-state index contributed by atoms with van der Waals surface area (Å²) in [5.41, 5.74) is 3.75. The van der Waals surface area contributed by atoms with Gasteiger partial charge in [0.1, 0.15) is 11.5 Å². The number of phenolic OH excluding ortho intramolecular Hbond substituents is 2. The molecule has 2 aromatic rings. The van der Waals surface area contributed by atoms with E-state index in [0.717, 1.165) is 0 Å².